The molecule has 1 unspecified atom stereocenters. The maximum atomic E-state index is 13.4. The van der Waals surface area contributed by atoms with Crippen LogP contribution in [-0.4, -0.2) is 46.6 Å². The van der Waals surface area contributed by atoms with Gasteiger partial charge >= 0.3 is 0 Å². The summed E-state index contributed by atoms with van der Waals surface area (Å²) in [6.07, 6.45) is 5.74. The van der Waals surface area contributed by atoms with E-state index < -0.39 is 9.84 Å². The van der Waals surface area contributed by atoms with Crippen molar-refractivity contribution in [3.63, 3.8) is 0 Å². The fraction of sp³-hybridized carbons (Fsp3) is 0.480. The van der Waals surface area contributed by atoms with Crippen LogP contribution in [0.4, 0.5) is 0 Å². The highest BCUT2D eigenvalue weighted by atomic mass is 32.2. The Bertz CT molecular complexity index is 1310. The molecule has 1 saturated heterocycles. The highest BCUT2D eigenvalue weighted by Crippen LogP contribution is 2.32. The summed E-state index contributed by atoms with van der Waals surface area (Å²) in [6, 6.07) is 10.00. The minimum Gasteiger partial charge on any atom is -0.349 e. The molecule has 7 nitrogen and oxygen atoms in total. The van der Waals surface area contributed by atoms with Crippen LogP contribution in [0.3, 0.4) is 0 Å². The number of pyridine rings is 1. The molecule has 3 heterocycles. The van der Waals surface area contributed by atoms with Crippen LogP contribution in [0.15, 0.2) is 30.3 Å². The third-order valence-electron chi connectivity index (χ3n) is 6.98. The Balaban J connectivity index is 1.65. The number of aromatic nitrogens is 3. The second-order valence-corrected chi connectivity index (χ2v) is 11.6. The average Bonchev–Trinajstić information content (AvgIpc) is 3.52. The lowest BCUT2D eigenvalue weighted by Gasteiger charge is -2.15. The van der Waals surface area contributed by atoms with Crippen LogP contribution in [0.1, 0.15) is 66.7 Å². The summed E-state index contributed by atoms with van der Waals surface area (Å²) in [5, 5.41) is 8.60. The fourth-order valence-corrected chi connectivity index (χ4v) is 6.80. The van der Waals surface area contributed by atoms with E-state index in [9.17, 15) is 13.2 Å². The number of aryl methyl sites for hydroxylation is 2. The summed E-state index contributed by atoms with van der Waals surface area (Å²) in [5.74, 6) is 0.109. The van der Waals surface area contributed by atoms with E-state index in [0.717, 1.165) is 37.7 Å². The van der Waals surface area contributed by atoms with E-state index in [4.69, 9.17) is 4.98 Å². The topological polar surface area (TPSA) is 94.0 Å². The van der Waals surface area contributed by atoms with Crippen molar-refractivity contribution in [2.45, 2.75) is 64.5 Å². The van der Waals surface area contributed by atoms with E-state index in [-0.39, 0.29) is 29.5 Å². The SMILES string of the molecule is CCc1ccc(-c2cc(C(=O)NC3CCCC3)c3c(C)nn(C4CCS(=O)(=O)C4)c3n2)cc1. The molecule has 8 heteroatoms. The number of nitrogens with one attached hydrogen (secondary N) is 1. The molecule has 2 fully saturated rings. The number of hydrogen-bond acceptors (Lipinski definition) is 5. The van der Waals surface area contributed by atoms with Crippen molar-refractivity contribution in [2.24, 2.45) is 0 Å². The van der Waals surface area contributed by atoms with E-state index in [1.165, 1.54) is 5.56 Å². The van der Waals surface area contributed by atoms with Crippen molar-refractivity contribution >= 4 is 26.8 Å². The van der Waals surface area contributed by atoms with Gasteiger partial charge in [0.05, 0.1) is 39.9 Å². The van der Waals surface area contributed by atoms with Crippen LogP contribution in [0, 0.1) is 6.92 Å². The van der Waals surface area contributed by atoms with Gasteiger partial charge in [-0.3, -0.25) is 4.79 Å². The Labute approximate surface area is 194 Å². The van der Waals surface area contributed by atoms with Crippen molar-refractivity contribution in [3.05, 3.63) is 47.2 Å². The van der Waals surface area contributed by atoms with Gasteiger partial charge in [-0.05, 0) is 44.2 Å². The molecule has 1 aliphatic carbocycles. The van der Waals surface area contributed by atoms with E-state index >= 15 is 0 Å². The molecule has 33 heavy (non-hydrogen) atoms. The Hall–Kier alpha value is -2.74. The minimum absolute atomic E-state index is 0.0595. The number of amides is 1. The maximum absolute atomic E-state index is 13.4. The van der Waals surface area contributed by atoms with Crippen LogP contribution in [0.2, 0.25) is 0 Å². The number of nitrogens with zero attached hydrogens (tertiary/aromatic N) is 3. The van der Waals surface area contributed by atoms with E-state index in [1.54, 1.807) is 4.68 Å². The lowest BCUT2D eigenvalue weighted by atomic mass is 10.0. The van der Waals surface area contributed by atoms with E-state index in [0.29, 0.717) is 34.4 Å². The van der Waals surface area contributed by atoms with Gasteiger partial charge in [0.1, 0.15) is 0 Å². The quantitative estimate of drug-likeness (QED) is 0.613. The van der Waals surface area contributed by atoms with Crippen molar-refractivity contribution in [2.75, 3.05) is 11.5 Å². The lowest BCUT2D eigenvalue weighted by Crippen LogP contribution is -2.32. The summed E-state index contributed by atoms with van der Waals surface area (Å²) >= 11 is 0. The molecule has 1 aliphatic heterocycles. The van der Waals surface area contributed by atoms with Crippen molar-refractivity contribution in [3.8, 4) is 11.3 Å². The average molecular weight is 467 g/mol. The Morgan fingerprint density at radius 1 is 1.15 bits per heavy atom. The molecule has 0 spiro atoms. The molecule has 2 aromatic heterocycles. The minimum atomic E-state index is -3.08. The molecule has 1 atom stereocenters. The normalized spacial score (nSPS) is 20.5. The number of carbonyl (C=O) groups is 1. The zero-order valence-electron chi connectivity index (χ0n) is 19.2. The standard InChI is InChI=1S/C25H30N4O3S/c1-3-17-8-10-18(11-9-17)22-14-21(25(30)26-19-6-4-5-7-19)23-16(2)28-29(24(23)27-22)20-12-13-33(31,32)15-20/h8-11,14,19-20H,3-7,12-13,15H2,1-2H3,(H,26,30). The summed E-state index contributed by atoms with van der Waals surface area (Å²) < 4.78 is 26.0. The largest absolute Gasteiger partial charge is 0.349 e. The molecule has 0 radical (unpaired) electrons. The summed E-state index contributed by atoms with van der Waals surface area (Å²) in [5.41, 5.74) is 4.70. The van der Waals surface area contributed by atoms with Gasteiger partial charge in [0.25, 0.3) is 5.91 Å². The number of hydrogen-bond donors (Lipinski definition) is 1. The fourth-order valence-electron chi connectivity index (χ4n) is 5.11. The molecule has 5 rings (SSSR count). The lowest BCUT2D eigenvalue weighted by molar-refractivity contribution is 0.0939. The van der Waals surface area contributed by atoms with Gasteiger partial charge in [-0.1, -0.05) is 44.0 Å². The van der Waals surface area contributed by atoms with Crippen LogP contribution in [0.5, 0.6) is 0 Å². The Morgan fingerprint density at radius 3 is 2.52 bits per heavy atom. The molecule has 3 aromatic rings. The van der Waals surface area contributed by atoms with Crippen molar-refractivity contribution in [1.82, 2.24) is 20.1 Å². The van der Waals surface area contributed by atoms with Crippen LogP contribution in [-0.2, 0) is 16.3 Å². The smallest absolute Gasteiger partial charge is 0.252 e. The molecule has 2 aliphatic rings. The van der Waals surface area contributed by atoms with Crippen LogP contribution >= 0.6 is 0 Å². The molecule has 1 N–H and O–H groups in total. The van der Waals surface area contributed by atoms with Gasteiger partial charge in [-0.15, -0.1) is 0 Å². The number of rotatable bonds is 5. The molecule has 174 valence electrons. The number of carbonyl (C=O) groups excluding carboxylic acids is 1. The third-order valence-corrected chi connectivity index (χ3v) is 8.73. The molecular weight excluding hydrogens is 436 g/mol. The van der Waals surface area contributed by atoms with E-state index in [2.05, 4.69) is 29.5 Å². The molecule has 0 bridgehead atoms. The summed E-state index contributed by atoms with van der Waals surface area (Å²) in [4.78, 5) is 18.3. The predicted octanol–water partition coefficient (Wildman–Crippen LogP) is 4.00. The zero-order chi connectivity index (χ0) is 23.2. The first-order valence-corrected chi connectivity index (χ1v) is 13.7. The highest BCUT2D eigenvalue weighted by molar-refractivity contribution is 7.91. The highest BCUT2D eigenvalue weighted by Gasteiger charge is 2.32. The number of benzene rings is 1. The van der Waals surface area contributed by atoms with Gasteiger partial charge in [-0.25, -0.2) is 18.1 Å². The summed E-state index contributed by atoms with van der Waals surface area (Å²) in [6.45, 7) is 3.98. The third kappa shape index (κ3) is 4.28. The molecule has 1 amide bonds. The van der Waals surface area contributed by atoms with Gasteiger partial charge in [-0.2, -0.15) is 5.10 Å². The molecule has 1 saturated carbocycles. The van der Waals surface area contributed by atoms with Gasteiger partial charge in [0.15, 0.2) is 15.5 Å². The maximum Gasteiger partial charge on any atom is 0.252 e. The van der Waals surface area contributed by atoms with Crippen molar-refractivity contribution in [1.29, 1.82) is 0 Å². The first kappa shape index (κ1) is 22.1. The second kappa shape index (κ2) is 8.56. The molecular formula is C25H30N4O3S. The number of sulfone groups is 1. The van der Waals surface area contributed by atoms with Gasteiger partial charge in [0.2, 0.25) is 0 Å². The summed E-state index contributed by atoms with van der Waals surface area (Å²) in [7, 11) is -3.08. The first-order chi connectivity index (χ1) is 15.8. The Morgan fingerprint density at radius 2 is 1.88 bits per heavy atom. The monoisotopic (exact) mass is 466 g/mol. The van der Waals surface area contributed by atoms with Crippen molar-refractivity contribution < 1.29 is 13.2 Å². The van der Waals surface area contributed by atoms with Gasteiger partial charge in [0, 0.05) is 11.6 Å². The van der Waals surface area contributed by atoms with Gasteiger partial charge < -0.3 is 5.32 Å². The van der Waals surface area contributed by atoms with E-state index in [1.807, 2.05) is 25.1 Å². The second-order valence-electron chi connectivity index (χ2n) is 9.35. The van der Waals surface area contributed by atoms with Crippen LogP contribution < -0.4 is 5.32 Å². The predicted molar refractivity (Wildman–Crippen MR) is 129 cm³/mol. The first-order valence-electron chi connectivity index (χ1n) is 11.8. The number of fused-ring (bicyclic) bond motifs is 1. The zero-order valence-corrected chi connectivity index (χ0v) is 20.0. The molecule has 1 aromatic carbocycles. The Kier molecular flexibility index (Phi) is 5.72. The van der Waals surface area contributed by atoms with Crippen LogP contribution in [0.25, 0.3) is 22.3 Å².